The second-order valence-corrected chi connectivity index (χ2v) is 5.43. The maximum atomic E-state index is 12.2. The van der Waals surface area contributed by atoms with Crippen molar-refractivity contribution in [2.45, 2.75) is 12.6 Å². The van der Waals surface area contributed by atoms with Gasteiger partial charge in [-0.05, 0) is 24.7 Å². The minimum atomic E-state index is -0.393. The molecule has 7 heteroatoms. The fraction of sp³-hybridized carbons (Fsp3) is 0.286. The van der Waals surface area contributed by atoms with Crippen LogP contribution in [0, 0.1) is 0 Å². The second kappa shape index (κ2) is 8.17. The molecule has 0 radical (unpaired) electrons. The number of hydrogen-bond acceptors (Lipinski definition) is 3. The lowest BCUT2D eigenvalue weighted by Crippen LogP contribution is -2.35. The normalized spacial score (nSPS) is 11.6. The molecule has 1 amide bonds. The van der Waals surface area contributed by atoms with E-state index in [1.54, 1.807) is 17.9 Å². The number of carbonyl (C=O) groups excluding carboxylic acids is 1. The lowest BCUT2D eigenvalue weighted by atomic mass is 10.1. The van der Waals surface area contributed by atoms with Gasteiger partial charge in [0.25, 0.3) is 0 Å². The summed E-state index contributed by atoms with van der Waals surface area (Å²) < 4.78 is 2.68. The molecule has 1 heterocycles. The van der Waals surface area contributed by atoms with Crippen molar-refractivity contribution in [3.05, 3.63) is 52.3 Å². The van der Waals surface area contributed by atoms with Gasteiger partial charge in [0.05, 0.1) is 6.20 Å². The zero-order chi connectivity index (χ0) is 14.5. The topological polar surface area (TPSA) is 59.0 Å². The fourth-order valence-electron chi connectivity index (χ4n) is 1.98. The van der Waals surface area contributed by atoms with Crippen molar-refractivity contribution in [3.8, 4) is 0 Å². The van der Waals surface area contributed by atoms with E-state index in [9.17, 15) is 4.79 Å². The zero-order valence-corrected chi connectivity index (χ0v) is 14.2. The Bertz CT molecular complexity index is 602. The van der Waals surface area contributed by atoms with E-state index < -0.39 is 6.04 Å². The molecule has 0 saturated heterocycles. The van der Waals surface area contributed by atoms with Crippen molar-refractivity contribution < 1.29 is 4.79 Å². The zero-order valence-electron chi connectivity index (χ0n) is 11.8. The van der Waals surface area contributed by atoms with E-state index >= 15 is 0 Å². The first-order valence-corrected chi connectivity index (χ1v) is 7.07. The van der Waals surface area contributed by atoms with Gasteiger partial charge in [0, 0.05) is 29.8 Å². The maximum Gasteiger partial charge on any atom is 0.242 e. The monoisotopic (exact) mass is 372 g/mol. The molecule has 5 nitrogen and oxygen atoms in total. The summed E-state index contributed by atoms with van der Waals surface area (Å²) in [5, 5.41) is 10.0. The van der Waals surface area contributed by atoms with Gasteiger partial charge in [-0.2, -0.15) is 5.10 Å². The Morgan fingerprint density at radius 3 is 2.81 bits per heavy atom. The fourth-order valence-corrected chi connectivity index (χ4v) is 2.42. The molecule has 0 spiro atoms. The highest BCUT2D eigenvalue weighted by atomic mass is 79.9. The molecule has 21 heavy (non-hydrogen) atoms. The van der Waals surface area contributed by atoms with Crippen LogP contribution in [0.2, 0.25) is 0 Å². The van der Waals surface area contributed by atoms with E-state index in [0.29, 0.717) is 6.54 Å². The average Bonchev–Trinajstić information content (AvgIpc) is 2.84. The summed E-state index contributed by atoms with van der Waals surface area (Å²) in [6, 6.07) is 7.47. The highest BCUT2D eigenvalue weighted by Crippen LogP contribution is 2.13. The van der Waals surface area contributed by atoms with Crippen molar-refractivity contribution in [1.82, 2.24) is 20.4 Å². The Balaban J connectivity index is 0.00000220. The quantitative estimate of drug-likeness (QED) is 0.844. The summed E-state index contributed by atoms with van der Waals surface area (Å²) in [4.78, 5) is 12.2. The van der Waals surface area contributed by atoms with E-state index in [0.717, 1.165) is 15.6 Å². The Hall–Kier alpha value is -1.37. The average molecular weight is 374 g/mol. The first kappa shape index (κ1) is 17.7. The molecule has 1 aromatic heterocycles. The van der Waals surface area contributed by atoms with Gasteiger partial charge in [-0.3, -0.25) is 9.48 Å². The third-order valence-electron chi connectivity index (χ3n) is 2.96. The molecule has 0 aliphatic rings. The lowest BCUT2D eigenvalue weighted by molar-refractivity contribution is -0.123. The SMILES string of the molecule is CNC(C(=O)NCc1cccc(Br)c1)c1cnn(C)c1.Cl. The van der Waals surface area contributed by atoms with E-state index in [1.165, 1.54) is 0 Å². The number of aromatic nitrogens is 2. The number of hydrogen-bond donors (Lipinski definition) is 2. The Morgan fingerprint density at radius 2 is 2.24 bits per heavy atom. The number of carbonyl (C=O) groups is 1. The largest absolute Gasteiger partial charge is 0.350 e. The molecule has 2 rings (SSSR count). The molecule has 114 valence electrons. The van der Waals surface area contributed by atoms with Gasteiger partial charge in [0.1, 0.15) is 6.04 Å². The third kappa shape index (κ3) is 4.84. The predicted octanol–water partition coefficient (Wildman–Crippen LogP) is 2.18. The van der Waals surface area contributed by atoms with Crippen LogP contribution in [-0.2, 0) is 18.4 Å². The summed E-state index contributed by atoms with van der Waals surface area (Å²) in [6.07, 6.45) is 3.53. The summed E-state index contributed by atoms with van der Waals surface area (Å²) in [5.74, 6) is -0.0690. The van der Waals surface area contributed by atoms with Gasteiger partial charge in [-0.1, -0.05) is 28.1 Å². The molecule has 0 bridgehead atoms. The van der Waals surface area contributed by atoms with Crippen LogP contribution in [0.4, 0.5) is 0 Å². The van der Waals surface area contributed by atoms with E-state index in [-0.39, 0.29) is 18.3 Å². The number of nitrogens with zero attached hydrogens (tertiary/aromatic N) is 2. The molecule has 1 atom stereocenters. The van der Waals surface area contributed by atoms with Gasteiger partial charge >= 0.3 is 0 Å². The van der Waals surface area contributed by atoms with Crippen LogP contribution in [-0.4, -0.2) is 22.7 Å². The molecule has 1 aromatic carbocycles. The van der Waals surface area contributed by atoms with E-state index in [1.807, 2.05) is 37.5 Å². The van der Waals surface area contributed by atoms with Crippen LogP contribution in [0.15, 0.2) is 41.1 Å². The van der Waals surface area contributed by atoms with Crippen molar-refractivity contribution >= 4 is 34.2 Å². The van der Waals surface area contributed by atoms with Crippen LogP contribution in [0.25, 0.3) is 0 Å². The minimum absolute atomic E-state index is 0. The summed E-state index contributed by atoms with van der Waals surface area (Å²) in [5.41, 5.74) is 1.90. The third-order valence-corrected chi connectivity index (χ3v) is 3.46. The number of benzene rings is 1. The Kier molecular flexibility index (Phi) is 6.87. The van der Waals surface area contributed by atoms with Crippen molar-refractivity contribution in [1.29, 1.82) is 0 Å². The smallest absolute Gasteiger partial charge is 0.242 e. The summed E-state index contributed by atoms with van der Waals surface area (Å²) >= 11 is 3.42. The van der Waals surface area contributed by atoms with E-state index in [2.05, 4.69) is 31.7 Å². The Labute approximate surface area is 138 Å². The standard InChI is InChI=1S/C14H17BrN4O.ClH/c1-16-13(11-8-18-19(2)9-11)14(20)17-7-10-4-3-5-12(15)6-10;/h3-6,8-9,13,16H,7H2,1-2H3,(H,17,20);1H. The minimum Gasteiger partial charge on any atom is -0.350 e. The molecule has 0 aliphatic heterocycles. The lowest BCUT2D eigenvalue weighted by Gasteiger charge is -2.14. The molecule has 0 aliphatic carbocycles. The number of aryl methyl sites for hydroxylation is 1. The highest BCUT2D eigenvalue weighted by Gasteiger charge is 2.19. The number of nitrogens with one attached hydrogen (secondary N) is 2. The molecule has 0 fully saturated rings. The van der Waals surface area contributed by atoms with Crippen molar-refractivity contribution in [2.24, 2.45) is 7.05 Å². The first-order chi connectivity index (χ1) is 9.60. The summed E-state index contributed by atoms with van der Waals surface area (Å²) in [6.45, 7) is 0.497. The molecule has 2 aromatic rings. The van der Waals surface area contributed by atoms with Gasteiger partial charge in [0.2, 0.25) is 5.91 Å². The van der Waals surface area contributed by atoms with E-state index in [4.69, 9.17) is 0 Å². The van der Waals surface area contributed by atoms with Crippen LogP contribution in [0.1, 0.15) is 17.2 Å². The van der Waals surface area contributed by atoms with Crippen molar-refractivity contribution in [2.75, 3.05) is 7.05 Å². The molecule has 1 unspecified atom stereocenters. The van der Waals surface area contributed by atoms with Crippen molar-refractivity contribution in [3.63, 3.8) is 0 Å². The first-order valence-electron chi connectivity index (χ1n) is 6.28. The second-order valence-electron chi connectivity index (χ2n) is 4.52. The summed E-state index contributed by atoms with van der Waals surface area (Å²) in [7, 11) is 3.59. The maximum absolute atomic E-state index is 12.2. The van der Waals surface area contributed by atoms with Crippen LogP contribution in [0.3, 0.4) is 0 Å². The number of amides is 1. The van der Waals surface area contributed by atoms with Crippen LogP contribution in [0.5, 0.6) is 0 Å². The highest BCUT2D eigenvalue weighted by molar-refractivity contribution is 9.10. The molecule has 0 saturated carbocycles. The number of rotatable bonds is 5. The molecular formula is C14H18BrClN4O. The van der Waals surface area contributed by atoms with Gasteiger partial charge in [-0.15, -0.1) is 12.4 Å². The Morgan fingerprint density at radius 1 is 1.48 bits per heavy atom. The van der Waals surface area contributed by atoms with Crippen LogP contribution < -0.4 is 10.6 Å². The van der Waals surface area contributed by atoms with Gasteiger partial charge in [0.15, 0.2) is 0 Å². The predicted molar refractivity (Wildman–Crippen MR) is 88.2 cm³/mol. The van der Waals surface area contributed by atoms with Crippen LogP contribution >= 0.6 is 28.3 Å². The number of halogens is 2. The number of likely N-dealkylation sites (N-methyl/N-ethyl adjacent to an activating group) is 1. The van der Waals surface area contributed by atoms with Gasteiger partial charge < -0.3 is 10.6 Å². The molecular weight excluding hydrogens is 356 g/mol. The molecule has 2 N–H and O–H groups in total. The van der Waals surface area contributed by atoms with Gasteiger partial charge in [-0.25, -0.2) is 0 Å².